The van der Waals surface area contributed by atoms with Crippen molar-refractivity contribution in [2.75, 3.05) is 6.61 Å². The Bertz CT molecular complexity index is 1090. The van der Waals surface area contributed by atoms with Crippen LogP contribution in [-0.4, -0.2) is 22.9 Å². The quantitative estimate of drug-likeness (QED) is 0.278. The normalized spacial score (nSPS) is 21.2. The largest absolute Gasteiger partial charge is 0.393 e. The molecule has 2 heteroatoms. The number of rotatable bonds is 11. The summed E-state index contributed by atoms with van der Waals surface area (Å²) >= 11 is 0. The van der Waals surface area contributed by atoms with E-state index in [1.54, 1.807) is 0 Å². The van der Waals surface area contributed by atoms with Crippen LogP contribution in [0.15, 0.2) is 130 Å². The highest BCUT2D eigenvalue weighted by Crippen LogP contribution is 2.41. The molecule has 0 aromatic heterocycles. The molecule has 0 radical (unpaired) electrons. The Morgan fingerprint density at radius 1 is 0.730 bits per heavy atom. The van der Waals surface area contributed by atoms with Crippen LogP contribution in [0, 0.1) is 5.41 Å². The number of hydrogen-bond acceptors (Lipinski definition) is 2. The molecule has 37 heavy (non-hydrogen) atoms. The molecule has 2 nitrogen and oxygen atoms in total. The van der Waals surface area contributed by atoms with E-state index in [0.29, 0.717) is 0 Å². The molecule has 0 bridgehead atoms. The van der Waals surface area contributed by atoms with E-state index in [0.717, 1.165) is 24.0 Å². The highest BCUT2D eigenvalue weighted by Gasteiger charge is 2.31. The molecule has 1 atom stereocenters. The van der Waals surface area contributed by atoms with Crippen LogP contribution in [0.2, 0.25) is 0 Å². The second-order valence-electron chi connectivity index (χ2n) is 10.7. The molecule has 1 aliphatic rings. The van der Waals surface area contributed by atoms with Crippen LogP contribution in [0.4, 0.5) is 0 Å². The Morgan fingerprint density at radius 3 is 1.62 bits per heavy atom. The molecule has 0 saturated heterocycles. The SMILES string of the molecule is CC1=C(/C=C/C(C)=C/C=C/C(C)=C/C=C/C=C(C)/C=C/C=C(C)/C=C/C=C(\C)CO)C(C)(C)C[C@H](O)C1. The maximum Gasteiger partial charge on any atom is 0.0642 e. The summed E-state index contributed by atoms with van der Waals surface area (Å²) in [7, 11) is 0. The van der Waals surface area contributed by atoms with Gasteiger partial charge in [0, 0.05) is 0 Å². The van der Waals surface area contributed by atoms with E-state index < -0.39 is 0 Å². The van der Waals surface area contributed by atoms with E-state index >= 15 is 0 Å². The number of allylic oxidation sites excluding steroid dienone is 20. The van der Waals surface area contributed by atoms with Gasteiger partial charge in [-0.3, -0.25) is 0 Å². The molecule has 0 saturated carbocycles. The van der Waals surface area contributed by atoms with Crippen LogP contribution < -0.4 is 0 Å². The Hall–Kier alpha value is -2.94. The first-order valence-electron chi connectivity index (χ1n) is 13.2. The topological polar surface area (TPSA) is 40.5 Å². The minimum Gasteiger partial charge on any atom is -0.393 e. The average Bonchev–Trinajstić information content (AvgIpc) is 2.80. The van der Waals surface area contributed by atoms with Gasteiger partial charge < -0.3 is 10.2 Å². The third kappa shape index (κ3) is 13.8. The molecule has 0 fully saturated rings. The van der Waals surface area contributed by atoms with Gasteiger partial charge in [-0.15, -0.1) is 0 Å². The molecular weight excluding hydrogens is 452 g/mol. The third-order valence-corrected chi connectivity index (χ3v) is 6.24. The van der Waals surface area contributed by atoms with Gasteiger partial charge in [0.05, 0.1) is 12.7 Å². The summed E-state index contributed by atoms with van der Waals surface area (Å²) in [5.41, 5.74) is 8.29. The summed E-state index contributed by atoms with van der Waals surface area (Å²) in [4.78, 5) is 0. The van der Waals surface area contributed by atoms with E-state index in [2.05, 4.69) is 115 Å². The van der Waals surface area contributed by atoms with Crippen molar-refractivity contribution in [3.05, 3.63) is 130 Å². The lowest BCUT2D eigenvalue weighted by Crippen LogP contribution is -2.28. The maximum absolute atomic E-state index is 10.1. The lowest BCUT2D eigenvalue weighted by atomic mass is 9.71. The zero-order valence-electron chi connectivity index (χ0n) is 24.3. The van der Waals surface area contributed by atoms with Gasteiger partial charge in [-0.25, -0.2) is 0 Å². The first-order chi connectivity index (χ1) is 17.4. The van der Waals surface area contributed by atoms with Crippen molar-refractivity contribution < 1.29 is 10.2 Å². The van der Waals surface area contributed by atoms with E-state index in [9.17, 15) is 5.11 Å². The van der Waals surface area contributed by atoms with E-state index in [1.807, 2.05) is 31.2 Å². The van der Waals surface area contributed by atoms with Gasteiger partial charge in [0.1, 0.15) is 0 Å². The van der Waals surface area contributed by atoms with E-state index in [-0.39, 0.29) is 18.1 Å². The lowest BCUT2D eigenvalue weighted by Gasteiger charge is -2.35. The molecule has 0 heterocycles. The van der Waals surface area contributed by atoms with Gasteiger partial charge >= 0.3 is 0 Å². The van der Waals surface area contributed by atoms with Crippen LogP contribution >= 0.6 is 0 Å². The number of aliphatic hydroxyl groups is 2. The van der Waals surface area contributed by atoms with Gasteiger partial charge in [0.15, 0.2) is 0 Å². The summed E-state index contributed by atoms with van der Waals surface area (Å²) in [6.07, 6.45) is 32.5. The molecule has 2 N–H and O–H groups in total. The van der Waals surface area contributed by atoms with Crippen LogP contribution in [-0.2, 0) is 0 Å². The second-order valence-corrected chi connectivity index (χ2v) is 10.7. The van der Waals surface area contributed by atoms with Gasteiger partial charge in [0.2, 0.25) is 0 Å². The van der Waals surface area contributed by atoms with E-state index in [4.69, 9.17) is 5.11 Å². The highest BCUT2D eigenvalue weighted by molar-refractivity contribution is 5.38. The molecule has 0 aromatic carbocycles. The molecule has 0 aliphatic heterocycles. The predicted molar refractivity (Wildman–Crippen MR) is 163 cm³/mol. The minimum atomic E-state index is -0.225. The van der Waals surface area contributed by atoms with Crippen molar-refractivity contribution in [3.8, 4) is 0 Å². The zero-order chi connectivity index (χ0) is 27.8. The molecule has 0 amide bonds. The fourth-order valence-corrected chi connectivity index (χ4v) is 4.15. The first-order valence-corrected chi connectivity index (χ1v) is 13.2. The van der Waals surface area contributed by atoms with Crippen LogP contribution in [0.3, 0.4) is 0 Å². The summed E-state index contributed by atoms with van der Waals surface area (Å²) in [5, 5.41) is 19.1. The van der Waals surface area contributed by atoms with Crippen LogP contribution in [0.1, 0.15) is 68.2 Å². The fraction of sp³-hybridized carbons (Fsp3) is 0.371. The summed E-state index contributed by atoms with van der Waals surface area (Å²) in [6, 6.07) is 0. The molecule has 0 spiro atoms. The Balaban J connectivity index is 2.64. The molecule has 0 unspecified atom stereocenters. The summed E-state index contributed by atoms with van der Waals surface area (Å²) in [6.45, 7) is 16.9. The van der Waals surface area contributed by atoms with E-state index in [1.165, 1.54) is 27.9 Å². The Morgan fingerprint density at radius 2 is 1.16 bits per heavy atom. The standard InChI is InChI=1S/C35H48O2/c1-27(16-11-18-29(3)19-13-21-31(5)26-36)14-9-10-15-28(2)17-12-20-30(4)22-23-34-32(6)24-33(37)25-35(34,7)8/h9-23,33,36-37H,24-26H2,1-8H3/b10-9+,16-11+,17-12+,19-13+,23-22+,27-14+,28-15+,29-18+,30-20+,31-21+/t33-/m1/s1. The van der Waals surface area contributed by atoms with Gasteiger partial charge in [-0.2, -0.15) is 0 Å². The molecule has 1 rings (SSSR count). The van der Waals surface area contributed by atoms with Crippen molar-refractivity contribution in [2.45, 2.75) is 74.3 Å². The average molecular weight is 501 g/mol. The van der Waals surface area contributed by atoms with Gasteiger partial charge in [-0.1, -0.05) is 133 Å². The zero-order valence-corrected chi connectivity index (χ0v) is 24.3. The maximum atomic E-state index is 10.1. The summed E-state index contributed by atoms with van der Waals surface area (Å²) < 4.78 is 0. The Labute approximate surface area is 226 Å². The predicted octanol–water partition coefficient (Wildman–Crippen LogP) is 8.99. The third-order valence-electron chi connectivity index (χ3n) is 6.24. The number of aliphatic hydroxyl groups excluding tert-OH is 2. The highest BCUT2D eigenvalue weighted by atomic mass is 16.3. The Kier molecular flexibility index (Phi) is 14.5. The van der Waals surface area contributed by atoms with Crippen molar-refractivity contribution in [3.63, 3.8) is 0 Å². The van der Waals surface area contributed by atoms with Crippen molar-refractivity contribution in [1.29, 1.82) is 0 Å². The summed E-state index contributed by atoms with van der Waals surface area (Å²) in [5.74, 6) is 0. The van der Waals surface area contributed by atoms with Crippen LogP contribution in [0.25, 0.3) is 0 Å². The minimum absolute atomic E-state index is 0.00752. The lowest BCUT2D eigenvalue weighted by molar-refractivity contribution is 0.116. The van der Waals surface area contributed by atoms with Crippen molar-refractivity contribution in [1.82, 2.24) is 0 Å². The monoisotopic (exact) mass is 500 g/mol. The molecule has 0 aromatic rings. The molecule has 1 aliphatic carbocycles. The first kappa shape index (κ1) is 32.1. The second kappa shape index (κ2) is 16.7. The number of hydrogen-bond donors (Lipinski definition) is 2. The smallest absolute Gasteiger partial charge is 0.0642 e. The van der Waals surface area contributed by atoms with Gasteiger partial charge in [0.25, 0.3) is 0 Å². The molecular formula is C35H48O2. The fourth-order valence-electron chi connectivity index (χ4n) is 4.15. The van der Waals surface area contributed by atoms with Crippen LogP contribution in [0.5, 0.6) is 0 Å². The van der Waals surface area contributed by atoms with Crippen molar-refractivity contribution >= 4 is 0 Å². The van der Waals surface area contributed by atoms with Gasteiger partial charge in [-0.05, 0) is 70.9 Å². The molecule has 200 valence electrons. The van der Waals surface area contributed by atoms with Crippen molar-refractivity contribution in [2.24, 2.45) is 5.41 Å².